The number of halogens is 4. The zero-order valence-corrected chi connectivity index (χ0v) is 17.1. The van der Waals surface area contributed by atoms with E-state index >= 15 is 0 Å². The van der Waals surface area contributed by atoms with Crippen LogP contribution in [0.3, 0.4) is 0 Å². The second-order valence-corrected chi connectivity index (χ2v) is 8.58. The number of likely N-dealkylation sites (tertiary alicyclic amines) is 1. The lowest BCUT2D eigenvalue weighted by Gasteiger charge is -2.37. The third-order valence-electron chi connectivity index (χ3n) is 6.59. The number of nitrogens with one attached hydrogen (secondary N) is 1. The van der Waals surface area contributed by atoms with Gasteiger partial charge in [0.05, 0.1) is 11.4 Å². The molecule has 31 heavy (non-hydrogen) atoms. The van der Waals surface area contributed by atoms with Crippen molar-refractivity contribution in [2.45, 2.75) is 44.1 Å². The Hall–Kier alpha value is -2.48. The highest BCUT2D eigenvalue weighted by Gasteiger charge is 2.36. The average Bonchev–Trinajstić information content (AvgIpc) is 3.06. The molecule has 3 aliphatic heterocycles. The number of aryl methyl sites for hydroxylation is 1. The second kappa shape index (κ2) is 7.89. The molecule has 0 radical (unpaired) electrons. The van der Waals surface area contributed by atoms with Gasteiger partial charge in [0.2, 0.25) is 0 Å². The van der Waals surface area contributed by atoms with E-state index in [0.717, 1.165) is 68.8 Å². The summed E-state index contributed by atoms with van der Waals surface area (Å²) in [4.78, 5) is 4.68. The van der Waals surface area contributed by atoms with Crippen LogP contribution < -0.4 is 15.0 Å². The van der Waals surface area contributed by atoms with Crippen LogP contribution in [-0.4, -0.2) is 43.6 Å². The number of piperidine rings is 1. The van der Waals surface area contributed by atoms with Gasteiger partial charge >= 0.3 is 6.36 Å². The van der Waals surface area contributed by atoms with E-state index in [1.165, 1.54) is 6.07 Å². The Labute approximate surface area is 178 Å². The highest BCUT2D eigenvalue weighted by atomic mass is 19.4. The van der Waals surface area contributed by atoms with Crippen LogP contribution in [0.25, 0.3) is 0 Å². The molecule has 1 saturated heterocycles. The molecule has 5 rings (SSSR count). The van der Waals surface area contributed by atoms with E-state index in [-0.39, 0.29) is 23.7 Å². The molecule has 0 aromatic heterocycles. The molecule has 3 heterocycles. The van der Waals surface area contributed by atoms with E-state index in [1.807, 2.05) is 0 Å². The smallest absolute Gasteiger partial charge is 0.405 e. The number of anilines is 2. The van der Waals surface area contributed by atoms with Gasteiger partial charge in [-0.05, 0) is 74.0 Å². The fourth-order valence-electron chi connectivity index (χ4n) is 5.27. The highest BCUT2D eigenvalue weighted by Crippen LogP contribution is 2.42. The normalized spacial score (nSPS) is 21.7. The maximum Gasteiger partial charge on any atom is 0.573 e. The van der Waals surface area contributed by atoms with Crippen LogP contribution in [0.1, 0.15) is 36.3 Å². The lowest BCUT2D eigenvalue weighted by atomic mass is 9.88. The molecule has 0 saturated carbocycles. The van der Waals surface area contributed by atoms with E-state index < -0.39 is 6.36 Å². The standard InChI is InChI=1S/C23H25F4N3O/c24-17-12-16-4-3-9-30-21(28-19(13-17)22(16)30)14-29-10-7-15(8-11-29)18-5-1-2-6-20(18)31-23(25,26)27/h1-2,5-6,12-13,15,21,28H,3-4,7-11,14H2. The van der Waals surface area contributed by atoms with Crippen LogP contribution in [-0.2, 0) is 6.42 Å². The third-order valence-corrected chi connectivity index (χ3v) is 6.59. The molecule has 166 valence electrons. The number of nitrogens with zero attached hydrogens (tertiary/aromatic N) is 2. The Balaban J connectivity index is 1.23. The zero-order chi connectivity index (χ0) is 21.6. The summed E-state index contributed by atoms with van der Waals surface area (Å²) in [6, 6.07) is 9.67. The maximum absolute atomic E-state index is 13.9. The van der Waals surface area contributed by atoms with Gasteiger partial charge in [0.25, 0.3) is 0 Å². The number of hydrogen-bond donors (Lipinski definition) is 1. The molecule has 1 N–H and O–H groups in total. The van der Waals surface area contributed by atoms with Gasteiger partial charge in [-0.3, -0.25) is 4.90 Å². The Morgan fingerprint density at radius 1 is 1.06 bits per heavy atom. The summed E-state index contributed by atoms with van der Waals surface area (Å²) in [5.41, 5.74) is 3.69. The van der Waals surface area contributed by atoms with Gasteiger partial charge in [0, 0.05) is 13.1 Å². The van der Waals surface area contributed by atoms with Crippen molar-refractivity contribution in [2.24, 2.45) is 0 Å². The van der Waals surface area contributed by atoms with Crippen LogP contribution >= 0.6 is 0 Å². The summed E-state index contributed by atoms with van der Waals surface area (Å²) in [7, 11) is 0. The maximum atomic E-state index is 13.9. The molecule has 0 bridgehead atoms. The van der Waals surface area contributed by atoms with Crippen LogP contribution in [0, 0.1) is 5.82 Å². The summed E-state index contributed by atoms with van der Waals surface area (Å²) >= 11 is 0. The molecule has 1 atom stereocenters. The van der Waals surface area contributed by atoms with Crippen LogP contribution in [0.15, 0.2) is 36.4 Å². The molecule has 2 aromatic carbocycles. The van der Waals surface area contributed by atoms with E-state index in [0.29, 0.717) is 5.56 Å². The number of para-hydroxylation sites is 1. The number of benzene rings is 2. The lowest BCUT2D eigenvalue weighted by Crippen LogP contribution is -2.48. The molecule has 4 nitrogen and oxygen atoms in total. The first-order valence-electron chi connectivity index (χ1n) is 10.8. The molecule has 1 fully saturated rings. The van der Waals surface area contributed by atoms with Crippen molar-refractivity contribution in [3.05, 3.63) is 53.3 Å². The summed E-state index contributed by atoms with van der Waals surface area (Å²) in [5.74, 6) is -0.257. The lowest BCUT2D eigenvalue weighted by molar-refractivity contribution is -0.275. The van der Waals surface area contributed by atoms with E-state index in [9.17, 15) is 17.6 Å². The Morgan fingerprint density at radius 2 is 1.84 bits per heavy atom. The first kappa shape index (κ1) is 20.4. The third kappa shape index (κ3) is 4.18. The molecular formula is C23H25F4N3O. The summed E-state index contributed by atoms with van der Waals surface area (Å²) < 4.78 is 56.4. The number of ether oxygens (including phenoxy) is 1. The molecule has 1 unspecified atom stereocenters. The van der Waals surface area contributed by atoms with Crippen LogP contribution in [0.4, 0.5) is 28.9 Å². The van der Waals surface area contributed by atoms with Gasteiger partial charge in [-0.1, -0.05) is 18.2 Å². The van der Waals surface area contributed by atoms with Gasteiger partial charge in [-0.15, -0.1) is 13.2 Å². The molecule has 0 amide bonds. The summed E-state index contributed by atoms with van der Waals surface area (Å²) in [6.45, 7) is 3.34. The van der Waals surface area contributed by atoms with Crippen molar-refractivity contribution < 1.29 is 22.3 Å². The molecular weight excluding hydrogens is 410 g/mol. The fourth-order valence-corrected chi connectivity index (χ4v) is 5.27. The predicted octanol–water partition coefficient (Wildman–Crippen LogP) is 5.11. The van der Waals surface area contributed by atoms with Crippen molar-refractivity contribution in [1.29, 1.82) is 0 Å². The molecule has 0 spiro atoms. The van der Waals surface area contributed by atoms with Crippen LogP contribution in [0.5, 0.6) is 5.75 Å². The monoisotopic (exact) mass is 435 g/mol. The van der Waals surface area contributed by atoms with E-state index in [2.05, 4.69) is 19.9 Å². The second-order valence-electron chi connectivity index (χ2n) is 8.58. The minimum atomic E-state index is -4.69. The molecule has 3 aliphatic rings. The van der Waals surface area contributed by atoms with Gasteiger partial charge in [-0.25, -0.2) is 4.39 Å². The van der Waals surface area contributed by atoms with Crippen molar-refractivity contribution in [3.8, 4) is 5.75 Å². The average molecular weight is 435 g/mol. The zero-order valence-electron chi connectivity index (χ0n) is 17.1. The Morgan fingerprint density at radius 3 is 2.61 bits per heavy atom. The number of alkyl halides is 3. The van der Waals surface area contributed by atoms with Crippen molar-refractivity contribution in [2.75, 3.05) is 36.4 Å². The minimum Gasteiger partial charge on any atom is -0.405 e. The Bertz CT molecular complexity index is 956. The van der Waals surface area contributed by atoms with Crippen molar-refractivity contribution in [1.82, 2.24) is 4.90 Å². The highest BCUT2D eigenvalue weighted by molar-refractivity contribution is 5.80. The van der Waals surface area contributed by atoms with Gasteiger partial charge in [-0.2, -0.15) is 0 Å². The quantitative estimate of drug-likeness (QED) is 0.676. The van der Waals surface area contributed by atoms with Gasteiger partial charge in [0.15, 0.2) is 0 Å². The van der Waals surface area contributed by atoms with Crippen molar-refractivity contribution >= 4 is 11.4 Å². The molecule has 8 heteroatoms. The van der Waals surface area contributed by atoms with Crippen molar-refractivity contribution in [3.63, 3.8) is 0 Å². The molecule has 0 aliphatic carbocycles. The fraction of sp³-hybridized carbons (Fsp3) is 0.478. The van der Waals surface area contributed by atoms with E-state index in [1.54, 1.807) is 30.3 Å². The molecule has 2 aromatic rings. The number of rotatable bonds is 4. The Kier molecular flexibility index (Phi) is 5.20. The topological polar surface area (TPSA) is 27.7 Å². The van der Waals surface area contributed by atoms with Gasteiger partial charge < -0.3 is 15.0 Å². The first-order valence-corrected chi connectivity index (χ1v) is 10.8. The predicted molar refractivity (Wildman–Crippen MR) is 111 cm³/mol. The first-order chi connectivity index (χ1) is 14.9. The largest absolute Gasteiger partial charge is 0.573 e. The summed E-state index contributed by atoms with van der Waals surface area (Å²) in [5, 5.41) is 3.48. The summed E-state index contributed by atoms with van der Waals surface area (Å²) in [6.07, 6.45) is -1.14. The minimum absolute atomic E-state index is 0.0409. The van der Waals surface area contributed by atoms with E-state index in [4.69, 9.17) is 0 Å². The van der Waals surface area contributed by atoms with Gasteiger partial charge in [0.1, 0.15) is 17.7 Å². The number of hydrogen-bond acceptors (Lipinski definition) is 4. The van der Waals surface area contributed by atoms with Crippen LogP contribution in [0.2, 0.25) is 0 Å². The SMILES string of the molecule is Fc1cc2c3c(c1)NC(CN1CCC(c4ccccc4OC(F)(F)F)CC1)N3CCC2.